The monoisotopic (exact) mass is 304 g/mol. The Bertz CT molecular complexity index is 451. The van der Waals surface area contributed by atoms with E-state index in [2.05, 4.69) is 12.1 Å². The summed E-state index contributed by atoms with van der Waals surface area (Å²) in [5, 5.41) is 0. The molecule has 1 fully saturated rings. The van der Waals surface area contributed by atoms with Crippen LogP contribution in [-0.4, -0.2) is 37.0 Å². The second-order valence-corrected chi connectivity index (χ2v) is 5.98. The summed E-state index contributed by atoms with van der Waals surface area (Å²) in [6.45, 7) is 4.95. The summed E-state index contributed by atoms with van der Waals surface area (Å²) in [6.07, 6.45) is 5.03. The Morgan fingerprint density at radius 2 is 1.95 bits per heavy atom. The van der Waals surface area contributed by atoms with Crippen molar-refractivity contribution >= 4 is 5.91 Å². The second-order valence-electron chi connectivity index (χ2n) is 5.98. The third kappa shape index (κ3) is 5.02. The summed E-state index contributed by atoms with van der Waals surface area (Å²) in [7, 11) is 0. The zero-order valence-corrected chi connectivity index (χ0v) is 13.6. The molecule has 1 saturated heterocycles. The molecule has 22 heavy (non-hydrogen) atoms. The highest BCUT2D eigenvalue weighted by Gasteiger charge is 2.21. The highest BCUT2D eigenvalue weighted by molar-refractivity contribution is 5.76. The van der Waals surface area contributed by atoms with Gasteiger partial charge in [0, 0.05) is 26.1 Å². The van der Waals surface area contributed by atoms with Crippen LogP contribution in [0.3, 0.4) is 0 Å². The number of hydrogen-bond donors (Lipinski definition) is 1. The number of likely N-dealkylation sites (tertiary alicyclic amines) is 1. The van der Waals surface area contributed by atoms with Crippen molar-refractivity contribution < 1.29 is 9.53 Å². The average molecular weight is 304 g/mol. The fraction of sp³-hybridized carbons (Fsp3) is 0.611. The van der Waals surface area contributed by atoms with E-state index in [0.29, 0.717) is 19.6 Å². The van der Waals surface area contributed by atoms with Gasteiger partial charge in [-0.3, -0.25) is 4.79 Å². The van der Waals surface area contributed by atoms with Crippen molar-refractivity contribution in [2.75, 3.05) is 26.2 Å². The maximum Gasteiger partial charge on any atom is 0.223 e. The average Bonchev–Trinajstić information content (AvgIpc) is 2.55. The van der Waals surface area contributed by atoms with Crippen LogP contribution in [0, 0.1) is 5.92 Å². The number of carbonyl (C=O) groups excluding carboxylic acids is 1. The van der Waals surface area contributed by atoms with Crippen molar-refractivity contribution in [3.63, 3.8) is 0 Å². The molecule has 2 rings (SSSR count). The van der Waals surface area contributed by atoms with Crippen LogP contribution >= 0.6 is 0 Å². The van der Waals surface area contributed by atoms with E-state index in [0.717, 1.165) is 44.0 Å². The first-order chi connectivity index (χ1) is 10.7. The fourth-order valence-electron chi connectivity index (χ4n) is 3.04. The lowest BCUT2D eigenvalue weighted by molar-refractivity contribution is -0.132. The molecule has 122 valence electrons. The summed E-state index contributed by atoms with van der Waals surface area (Å²) < 4.78 is 5.46. The van der Waals surface area contributed by atoms with E-state index >= 15 is 0 Å². The molecule has 2 N–H and O–H groups in total. The summed E-state index contributed by atoms with van der Waals surface area (Å²) in [5.74, 6) is 1.89. The molecule has 0 spiro atoms. The quantitative estimate of drug-likeness (QED) is 0.842. The molecule has 1 aliphatic rings. The number of piperidine rings is 1. The lowest BCUT2D eigenvalue weighted by Crippen LogP contribution is -2.39. The zero-order chi connectivity index (χ0) is 15.8. The predicted octanol–water partition coefficient (Wildman–Crippen LogP) is 2.61. The molecule has 0 saturated carbocycles. The Balaban J connectivity index is 1.71. The Morgan fingerprint density at radius 3 is 2.55 bits per heavy atom. The fourth-order valence-corrected chi connectivity index (χ4v) is 3.04. The molecule has 4 nitrogen and oxygen atoms in total. The van der Waals surface area contributed by atoms with E-state index in [1.165, 1.54) is 12.0 Å². The number of benzene rings is 1. The minimum atomic E-state index is 0.215. The number of carbonyl (C=O) groups is 1. The number of nitrogens with two attached hydrogens (primary N) is 1. The van der Waals surface area contributed by atoms with Gasteiger partial charge in [-0.05, 0) is 56.2 Å². The number of amides is 1. The van der Waals surface area contributed by atoms with Crippen molar-refractivity contribution in [1.29, 1.82) is 0 Å². The smallest absolute Gasteiger partial charge is 0.223 e. The molecule has 0 atom stereocenters. The van der Waals surface area contributed by atoms with Gasteiger partial charge in [0.25, 0.3) is 0 Å². The standard InChI is InChI=1S/C18H28N2O2/c1-2-22-17-7-5-15(6-8-17)3-4-16-10-13-20(14-11-16)18(21)9-12-19/h5-8,16H,2-4,9-14,19H2,1H3. The maximum atomic E-state index is 11.8. The van der Waals surface area contributed by atoms with Gasteiger partial charge in [-0.25, -0.2) is 0 Å². The van der Waals surface area contributed by atoms with Gasteiger partial charge in [-0.2, -0.15) is 0 Å². The molecule has 1 aromatic rings. The summed E-state index contributed by atoms with van der Waals surface area (Å²) in [6, 6.07) is 8.41. The summed E-state index contributed by atoms with van der Waals surface area (Å²) >= 11 is 0. The number of hydrogen-bond acceptors (Lipinski definition) is 3. The molecule has 1 amide bonds. The van der Waals surface area contributed by atoms with Gasteiger partial charge in [0.1, 0.15) is 5.75 Å². The van der Waals surface area contributed by atoms with E-state index in [4.69, 9.17) is 10.5 Å². The van der Waals surface area contributed by atoms with Gasteiger partial charge in [0.15, 0.2) is 0 Å². The largest absolute Gasteiger partial charge is 0.494 e. The minimum Gasteiger partial charge on any atom is -0.494 e. The second kappa shape index (κ2) is 8.79. The Hall–Kier alpha value is -1.55. The van der Waals surface area contributed by atoms with Crippen LogP contribution in [0.1, 0.15) is 38.2 Å². The molecule has 1 heterocycles. The van der Waals surface area contributed by atoms with Gasteiger partial charge in [0.05, 0.1) is 6.61 Å². The third-order valence-electron chi connectivity index (χ3n) is 4.40. The van der Waals surface area contributed by atoms with Crippen molar-refractivity contribution in [2.24, 2.45) is 11.7 Å². The van der Waals surface area contributed by atoms with E-state index in [1.54, 1.807) is 0 Å². The Kier molecular flexibility index (Phi) is 6.72. The lowest BCUT2D eigenvalue weighted by atomic mass is 9.90. The lowest BCUT2D eigenvalue weighted by Gasteiger charge is -2.32. The Morgan fingerprint density at radius 1 is 1.27 bits per heavy atom. The van der Waals surface area contributed by atoms with Gasteiger partial charge in [-0.1, -0.05) is 12.1 Å². The van der Waals surface area contributed by atoms with Gasteiger partial charge >= 0.3 is 0 Å². The predicted molar refractivity (Wildman–Crippen MR) is 88.9 cm³/mol. The molecule has 0 bridgehead atoms. The molecule has 0 aliphatic carbocycles. The SMILES string of the molecule is CCOc1ccc(CCC2CCN(C(=O)CCN)CC2)cc1. The minimum absolute atomic E-state index is 0.215. The van der Waals surface area contributed by atoms with Crippen LogP contribution in [0.4, 0.5) is 0 Å². The molecule has 0 aromatic heterocycles. The third-order valence-corrected chi connectivity index (χ3v) is 4.40. The van der Waals surface area contributed by atoms with Crippen molar-refractivity contribution in [3.05, 3.63) is 29.8 Å². The number of nitrogens with zero attached hydrogens (tertiary/aromatic N) is 1. The van der Waals surface area contributed by atoms with Crippen LogP contribution < -0.4 is 10.5 Å². The van der Waals surface area contributed by atoms with Crippen LogP contribution in [0.2, 0.25) is 0 Å². The molecule has 0 radical (unpaired) electrons. The van der Waals surface area contributed by atoms with Crippen molar-refractivity contribution in [1.82, 2.24) is 4.90 Å². The number of rotatable bonds is 7. The van der Waals surface area contributed by atoms with E-state index in [9.17, 15) is 4.79 Å². The molecular formula is C18H28N2O2. The van der Waals surface area contributed by atoms with Crippen LogP contribution in [0.15, 0.2) is 24.3 Å². The first-order valence-corrected chi connectivity index (χ1v) is 8.42. The summed E-state index contributed by atoms with van der Waals surface area (Å²) in [4.78, 5) is 13.8. The first kappa shape index (κ1) is 16.8. The first-order valence-electron chi connectivity index (χ1n) is 8.42. The molecule has 1 aromatic carbocycles. The van der Waals surface area contributed by atoms with E-state index < -0.39 is 0 Å². The number of ether oxygens (including phenoxy) is 1. The topological polar surface area (TPSA) is 55.6 Å². The highest BCUT2D eigenvalue weighted by Crippen LogP contribution is 2.23. The van der Waals surface area contributed by atoms with Crippen LogP contribution in [-0.2, 0) is 11.2 Å². The maximum absolute atomic E-state index is 11.8. The Labute approximate surface area is 133 Å². The van der Waals surface area contributed by atoms with Gasteiger partial charge in [-0.15, -0.1) is 0 Å². The van der Waals surface area contributed by atoms with Crippen molar-refractivity contribution in [3.8, 4) is 5.75 Å². The number of aryl methyl sites for hydroxylation is 1. The van der Waals surface area contributed by atoms with E-state index in [-0.39, 0.29) is 5.91 Å². The van der Waals surface area contributed by atoms with Gasteiger partial charge < -0.3 is 15.4 Å². The molecule has 4 heteroatoms. The van der Waals surface area contributed by atoms with Crippen molar-refractivity contribution in [2.45, 2.75) is 39.0 Å². The van der Waals surface area contributed by atoms with E-state index in [1.807, 2.05) is 24.0 Å². The normalized spacial score (nSPS) is 15.8. The summed E-state index contributed by atoms with van der Waals surface area (Å²) in [5.41, 5.74) is 6.81. The highest BCUT2D eigenvalue weighted by atomic mass is 16.5. The molecule has 1 aliphatic heterocycles. The van der Waals surface area contributed by atoms with Crippen LogP contribution in [0.5, 0.6) is 5.75 Å². The zero-order valence-electron chi connectivity index (χ0n) is 13.6. The molecular weight excluding hydrogens is 276 g/mol. The van der Waals surface area contributed by atoms with Crippen LogP contribution in [0.25, 0.3) is 0 Å². The molecule has 0 unspecified atom stereocenters. The van der Waals surface area contributed by atoms with Gasteiger partial charge in [0.2, 0.25) is 5.91 Å².